The lowest BCUT2D eigenvalue weighted by Crippen LogP contribution is -2.26. The molecule has 3 aromatic rings. The van der Waals surface area contributed by atoms with Gasteiger partial charge in [0, 0.05) is 42.4 Å². The van der Waals surface area contributed by atoms with Crippen LogP contribution in [0.5, 0.6) is 5.75 Å². The average Bonchev–Trinajstić information content (AvgIpc) is 3.39. The molecule has 10 heteroatoms. The lowest BCUT2D eigenvalue weighted by molar-refractivity contribution is -0.111. The van der Waals surface area contributed by atoms with E-state index < -0.39 is 5.82 Å². The van der Waals surface area contributed by atoms with Crippen LogP contribution in [-0.2, 0) is 9.53 Å². The Morgan fingerprint density at radius 3 is 2.89 bits per heavy atom. The van der Waals surface area contributed by atoms with Gasteiger partial charge in [-0.15, -0.1) is 0 Å². The number of fused-ring (bicyclic) bond motifs is 1. The van der Waals surface area contributed by atoms with Gasteiger partial charge in [-0.2, -0.15) is 0 Å². The third kappa shape index (κ3) is 7.15. The van der Waals surface area contributed by atoms with Gasteiger partial charge >= 0.3 is 0 Å². The van der Waals surface area contributed by atoms with Crippen molar-refractivity contribution in [3.8, 4) is 5.75 Å². The van der Waals surface area contributed by atoms with Crippen molar-refractivity contribution in [2.45, 2.75) is 38.8 Å². The summed E-state index contributed by atoms with van der Waals surface area (Å²) in [7, 11) is 2.00. The predicted octanol–water partition coefficient (Wildman–Crippen LogP) is 5.56. The van der Waals surface area contributed by atoms with Gasteiger partial charge in [0.1, 0.15) is 30.3 Å². The molecule has 2 N–H and O–H groups in total. The van der Waals surface area contributed by atoms with Crippen LogP contribution in [-0.4, -0.2) is 59.7 Å². The third-order valence-electron chi connectivity index (χ3n) is 6.17. The molecule has 1 aliphatic rings. The fourth-order valence-electron chi connectivity index (χ4n) is 3.78. The summed E-state index contributed by atoms with van der Waals surface area (Å²) >= 11 is 5.94. The Labute approximate surface area is 220 Å². The van der Waals surface area contributed by atoms with E-state index in [4.69, 9.17) is 21.1 Å². The number of likely N-dealkylation sites (N-methyl/N-ethyl adjacent to an activating group) is 1. The highest BCUT2D eigenvalue weighted by atomic mass is 35.5. The quantitative estimate of drug-likeness (QED) is 0.334. The Hall–Kier alpha value is -3.27. The molecule has 1 saturated heterocycles. The van der Waals surface area contributed by atoms with Crippen LogP contribution in [0, 0.1) is 5.82 Å². The zero-order valence-electron chi connectivity index (χ0n) is 21.1. The van der Waals surface area contributed by atoms with E-state index in [0.29, 0.717) is 53.0 Å². The maximum Gasteiger partial charge on any atom is 0.248 e. The van der Waals surface area contributed by atoms with Gasteiger partial charge in [0.05, 0.1) is 22.3 Å². The Balaban J connectivity index is 1.62. The summed E-state index contributed by atoms with van der Waals surface area (Å²) in [5.41, 5.74) is 1.65. The molecule has 1 atom stereocenters. The van der Waals surface area contributed by atoms with Crippen molar-refractivity contribution < 1.29 is 18.7 Å². The van der Waals surface area contributed by atoms with Gasteiger partial charge in [-0.05, 0) is 58.0 Å². The van der Waals surface area contributed by atoms with Crippen molar-refractivity contribution in [3.05, 3.63) is 59.7 Å². The summed E-state index contributed by atoms with van der Waals surface area (Å²) in [4.78, 5) is 23.6. The molecule has 1 aromatic heterocycles. The second-order valence-electron chi connectivity index (χ2n) is 9.21. The number of carbonyl (C=O) groups excluding carboxylic acids is 1. The molecule has 1 aliphatic heterocycles. The fraction of sp³-hybridized carbons (Fsp3) is 0.370. The van der Waals surface area contributed by atoms with Crippen LogP contribution in [0.3, 0.4) is 0 Å². The van der Waals surface area contributed by atoms with Crippen LogP contribution in [0.2, 0.25) is 5.02 Å². The van der Waals surface area contributed by atoms with Crippen molar-refractivity contribution in [2.24, 2.45) is 0 Å². The van der Waals surface area contributed by atoms with E-state index in [9.17, 15) is 9.18 Å². The molecule has 2 heterocycles. The summed E-state index contributed by atoms with van der Waals surface area (Å²) in [6.45, 7) is 5.92. The molecule has 0 spiro atoms. The Morgan fingerprint density at radius 1 is 1.32 bits per heavy atom. The second kappa shape index (κ2) is 12.3. The number of anilines is 3. The molecule has 0 aliphatic carbocycles. The lowest BCUT2D eigenvalue weighted by Gasteiger charge is -2.18. The normalized spacial score (nSPS) is 15.7. The molecule has 0 radical (unpaired) electrons. The number of rotatable bonds is 10. The third-order valence-corrected chi connectivity index (χ3v) is 6.46. The number of ether oxygens (including phenoxy) is 2. The lowest BCUT2D eigenvalue weighted by atomic mass is 10.1. The van der Waals surface area contributed by atoms with Gasteiger partial charge in [-0.1, -0.05) is 17.7 Å². The van der Waals surface area contributed by atoms with Crippen molar-refractivity contribution in [2.75, 3.05) is 37.4 Å². The molecule has 0 bridgehead atoms. The van der Waals surface area contributed by atoms with Crippen LogP contribution < -0.4 is 15.4 Å². The molecular weight excluding hydrogens is 497 g/mol. The fourth-order valence-corrected chi connectivity index (χ4v) is 3.96. The number of hydrogen-bond donors (Lipinski definition) is 2. The maximum absolute atomic E-state index is 13.6. The number of carbonyl (C=O) groups is 1. The molecular formula is C27H31ClFN5O3. The first-order valence-electron chi connectivity index (χ1n) is 12.2. The summed E-state index contributed by atoms with van der Waals surface area (Å²) in [6, 6.07) is 8.22. The predicted molar refractivity (Wildman–Crippen MR) is 144 cm³/mol. The molecule has 2 aromatic carbocycles. The first-order valence-corrected chi connectivity index (χ1v) is 12.6. The standard InChI is InChI=1S/C27H31ClFN5O3/c1-17(2)34(3)10-4-7-26(35)33-24-13-20-23(14-25(24)37-15-19-6-5-11-36-19)30-16-31-27(20)32-18-8-9-22(29)21(28)12-18/h4,7-9,12-14,16-17,19H,5-6,10-11,15H2,1-3H3,(H,33,35)(H,30,31,32). The van der Waals surface area contributed by atoms with Crippen molar-refractivity contribution in [1.82, 2.24) is 14.9 Å². The van der Waals surface area contributed by atoms with Gasteiger partial charge in [0.25, 0.3) is 0 Å². The first kappa shape index (κ1) is 26.8. The number of halogens is 2. The van der Waals surface area contributed by atoms with E-state index >= 15 is 0 Å². The number of aromatic nitrogens is 2. The van der Waals surface area contributed by atoms with Crippen molar-refractivity contribution in [3.63, 3.8) is 0 Å². The molecule has 37 heavy (non-hydrogen) atoms. The Bertz CT molecular complexity index is 1280. The molecule has 4 rings (SSSR count). The van der Waals surface area contributed by atoms with Gasteiger partial charge in [-0.3, -0.25) is 4.79 Å². The molecule has 196 valence electrons. The van der Waals surface area contributed by atoms with Gasteiger partial charge in [-0.25, -0.2) is 14.4 Å². The number of benzene rings is 2. The first-order chi connectivity index (χ1) is 17.8. The van der Waals surface area contributed by atoms with Crippen LogP contribution in [0.1, 0.15) is 26.7 Å². The largest absolute Gasteiger partial charge is 0.489 e. The van der Waals surface area contributed by atoms with Crippen LogP contribution in [0.4, 0.5) is 21.6 Å². The van der Waals surface area contributed by atoms with E-state index in [1.807, 2.05) is 13.1 Å². The van der Waals surface area contributed by atoms with Gasteiger partial charge in [0.15, 0.2) is 0 Å². The van der Waals surface area contributed by atoms with E-state index in [0.717, 1.165) is 19.4 Å². The highest BCUT2D eigenvalue weighted by Gasteiger charge is 2.19. The summed E-state index contributed by atoms with van der Waals surface area (Å²) in [5.74, 6) is 0.169. The molecule has 1 amide bonds. The number of nitrogens with one attached hydrogen (secondary N) is 2. The molecule has 1 unspecified atom stereocenters. The number of amides is 1. The smallest absolute Gasteiger partial charge is 0.248 e. The number of nitrogens with zero attached hydrogens (tertiary/aromatic N) is 3. The summed E-state index contributed by atoms with van der Waals surface area (Å²) in [6.07, 6.45) is 6.69. The van der Waals surface area contributed by atoms with Crippen molar-refractivity contribution >= 4 is 45.6 Å². The second-order valence-corrected chi connectivity index (χ2v) is 9.62. The zero-order valence-corrected chi connectivity index (χ0v) is 21.9. The van der Waals surface area contributed by atoms with Crippen LogP contribution in [0.25, 0.3) is 10.9 Å². The Morgan fingerprint density at radius 2 is 2.16 bits per heavy atom. The topological polar surface area (TPSA) is 88.6 Å². The zero-order chi connectivity index (χ0) is 26.4. The average molecular weight is 528 g/mol. The van der Waals surface area contributed by atoms with E-state index in [2.05, 4.69) is 39.3 Å². The van der Waals surface area contributed by atoms with Gasteiger partial charge < -0.3 is 25.0 Å². The maximum atomic E-state index is 13.6. The summed E-state index contributed by atoms with van der Waals surface area (Å²) < 4.78 is 25.4. The van der Waals surface area contributed by atoms with Gasteiger partial charge in [0.2, 0.25) is 5.91 Å². The minimum Gasteiger partial charge on any atom is -0.489 e. The monoisotopic (exact) mass is 527 g/mol. The van der Waals surface area contributed by atoms with Crippen molar-refractivity contribution in [1.29, 1.82) is 0 Å². The minimum absolute atomic E-state index is 0.00368. The highest BCUT2D eigenvalue weighted by Crippen LogP contribution is 2.34. The summed E-state index contributed by atoms with van der Waals surface area (Å²) in [5, 5.41) is 6.72. The van der Waals surface area contributed by atoms with E-state index in [1.54, 1.807) is 18.2 Å². The number of hydrogen-bond acceptors (Lipinski definition) is 7. The minimum atomic E-state index is -0.509. The molecule has 0 saturated carbocycles. The Kier molecular flexibility index (Phi) is 8.91. The SMILES string of the molecule is CC(C)N(C)CC=CC(=O)Nc1cc2c(Nc3ccc(F)c(Cl)c3)ncnc2cc1OCC1CCCO1. The van der Waals surface area contributed by atoms with E-state index in [-0.39, 0.29) is 17.0 Å². The highest BCUT2D eigenvalue weighted by molar-refractivity contribution is 6.31. The molecule has 1 fully saturated rings. The van der Waals surface area contributed by atoms with Crippen LogP contribution in [0.15, 0.2) is 48.8 Å². The molecule has 8 nitrogen and oxygen atoms in total. The van der Waals surface area contributed by atoms with Crippen LogP contribution >= 0.6 is 11.6 Å². The van der Waals surface area contributed by atoms with E-state index in [1.165, 1.54) is 24.5 Å².